The molecule has 0 radical (unpaired) electrons. The number of methoxy groups -OCH3 is 2. The van der Waals surface area contributed by atoms with Crippen molar-refractivity contribution in [3.05, 3.63) is 59.7 Å². The molecular formula is C23H27NO5. The van der Waals surface area contributed by atoms with E-state index < -0.39 is 0 Å². The Morgan fingerprint density at radius 2 is 1.59 bits per heavy atom. The second-order valence-corrected chi connectivity index (χ2v) is 6.19. The molecule has 154 valence electrons. The molecule has 0 heterocycles. The van der Waals surface area contributed by atoms with Crippen molar-refractivity contribution in [2.45, 2.75) is 13.8 Å². The summed E-state index contributed by atoms with van der Waals surface area (Å²) < 4.78 is 16.0. The van der Waals surface area contributed by atoms with Gasteiger partial charge in [-0.2, -0.15) is 0 Å². The Kier molecular flexibility index (Phi) is 8.27. The Morgan fingerprint density at radius 1 is 0.931 bits per heavy atom. The first-order chi connectivity index (χ1) is 14.0. The van der Waals surface area contributed by atoms with Gasteiger partial charge in [0.05, 0.1) is 14.2 Å². The molecule has 0 aliphatic rings. The van der Waals surface area contributed by atoms with Crippen LogP contribution in [0.25, 0.3) is 6.08 Å². The molecule has 0 saturated carbocycles. The van der Waals surface area contributed by atoms with E-state index in [1.807, 2.05) is 19.9 Å². The number of ether oxygens (including phenoxy) is 3. The zero-order valence-corrected chi connectivity index (χ0v) is 17.3. The largest absolute Gasteiger partial charge is 0.493 e. The summed E-state index contributed by atoms with van der Waals surface area (Å²) in [6.45, 7) is 5.14. The lowest BCUT2D eigenvalue weighted by atomic mass is 10.1. The van der Waals surface area contributed by atoms with Gasteiger partial charge >= 0.3 is 0 Å². The van der Waals surface area contributed by atoms with Gasteiger partial charge in [0, 0.05) is 18.7 Å². The Bertz CT molecular complexity index is 854. The predicted octanol–water partition coefficient (Wildman–Crippen LogP) is 3.85. The Morgan fingerprint density at radius 3 is 2.17 bits per heavy atom. The number of ketones is 1. The average Bonchev–Trinajstić information content (AvgIpc) is 2.76. The van der Waals surface area contributed by atoms with Crippen LogP contribution in [-0.2, 0) is 4.79 Å². The highest BCUT2D eigenvalue weighted by Crippen LogP contribution is 2.28. The zero-order chi connectivity index (χ0) is 21.2. The highest BCUT2D eigenvalue weighted by atomic mass is 16.5. The molecule has 2 aromatic carbocycles. The monoisotopic (exact) mass is 397 g/mol. The molecule has 0 bridgehead atoms. The fourth-order valence-electron chi connectivity index (χ4n) is 2.75. The molecule has 0 unspecified atom stereocenters. The topological polar surface area (TPSA) is 65.1 Å². The number of allylic oxidation sites excluding steroid dienone is 1. The number of likely N-dealkylation sites (N-methyl/N-ethyl adjacent to an activating group) is 1. The first kappa shape index (κ1) is 22.0. The van der Waals surface area contributed by atoms with E-state index >= 15 is 0 Å². The van der Waals surface area contributed by atoms with Crippen LogP contribution in [0.4, 0.5) is 0 Å². The highest BCUT2D eigenvalue weighted by molar-refractivity contribution is 6.06. The first-order valence-electron chi connectivity index (χ1n) is 9.47. The minimum absolute atomic E-state index is 0.0197. The molecule has 0 saturated heterocycles. The van der Waals surface area contributed by atoms with Gasteiger partial charge in [-0.15, -0.1) is 0 Å². The number of amides is 1. The van der Waals surface area contributed by atoms with E-state index in [0.29, 0.717) is 35.9 Å². The fourth-order valence-corrected chi connectivity index (χ4v) is 2.75. The van der Waals surface area contributed by atoms with Crippen LogP contribution in [0, 0.1) is 0 Å². The average molecular weight is 397 g/mol. The maximum atomic E-state index is 12.4. The predicted molar refractivity (Wildman–Crippen MR) is 113 cm³/mol. The van der Waals surface area contributed by atoms with Gasteiger partial charge in [-0.25, -0.2) is 0 Å². The Balaban J connectivity index is 1.98. The molecule has 6 nitrogen and oxygen atoms in total. The third-order valence-electron chi connectivity index (χ3n) is 4.45. The SMILES string of the molecule is CCN(CC)C(=O)COc1ccc(C(=O)/C=C/c2ccc(OC)c(OC)c2)cc1. The van der Waals surface area contributed by atoms with Crippen LogP contribution in [0.15, 0.2) is 48.5 Å². The summed E-state index contributed by atoms with van der Waals surface area (Å²) in [5, 5.41) is 0. The van der Waals surface area contributed by atoms with Crippen LogP contribution in [-0.4, -0.2) is 50.5 Å². The molecule has 6 heteroatoms. The number of carbonyl (C=O) groups excluding carboxylic acids is 2. The first-order valence-corrected chi connectivity index (χ1v) is 9.47. The molecule has 2 rings (SSSR count). The smallest absolute Gasteiger partial charge is 0.260 e. The number of hydrogen-bond acceptors (Lipinski definition) is 5. The maximum Gasteiger partial charge on any atom is 0.260 e. The summed E-state index contributed by atoms with van der Waals surface area (Å²) in [6, 6.07) is 12.2. The third-order valence-corrected chi connectivity index (χ3v) is 4.45. The minimum Gasteiger partial charge on any atom is -0.493 e. The van der Waals surface area contributed by atoms with Crippen LogP contribution in [0.3, 0.4) is 0 Å². The number of rotatable bonds is 10. The van der Waals surface area contributed by atoms with E-state index in [1.165, 1.54) is 6.08 Å². The normalized spacial score (nSPS) is 10.6. The maximum absolute atomic E-state index is 12.4. The molecule has 0 aromatic heterocycles. The lowest BCUT2D eigenvalue weighted by molar-refractivity contribution is -0.132. The molecular weight excluding hydrogens is 370 g/mol. The fraction of sp³-hybridized carbons (Fsp3) is 0.304. The summed E-state index contributed by atoms with van der Waals surface area (Å²) in [4.78, 5) is 26.1. The van der Waals surface area contributed by atoms with E-state index in [0.717, 1.165) is 5.56 Å². The highest BCUT2D eigenvalue weighted by Gasteiger charge is 2.10. The van der Waals surface area contributed by atoms with E-state index in [2.05, 4.69) is 0 Å². The van der Waals surface area contributed by atoms with Gasteiger partial charge in [0.25, 0.3) is 5.91 Å². The Hall–Kier alpha value is -3.28. The van der Waals surface area contributed by atoms with Gasteiger partial charge in [0.15, 0.2) is 23.9 Å². The molecule has 0 aliphatic carbocycles. The van der Waals surface area contributed by atoms with Crippen LogP contribution >= 0.6 is 0 Å². The van der Waals surface area contributed by atoms with Gasteiger partial charge in [0.1, 0.15) is 5.75 Å². The third kappa shape index (κ3) is 6.10. The molecule has 2 aromatic rings. The molecule has 0 spiro atoms. The number of nitrogens with zero attached hydrogens (tertiary/aromatic N) is 1. The quantitative estimate of drug-likeness (QED) is 0.450. The number of carbonyl (C=O) groups is 2. The van der Waals surface area contributed by atoms with Crippen LogP contribution < -0.4 is 14.2 Å². The molecule has 1 amide bonds. The van der Waals surface area contributed by atoms with E-state index in [9.17, 15) is 9.59 Å². The van der Waals surface area contributed by atoms with Crippen molar-refractivity contribution < 1.29 is 23.8 Å². The van der Waals surface area contributed by atoms with Crippen molar-refractivity contribution in [3.8, 4) is 17.2 Å². The van der Waals surface area contributed by atoms with Crippen molar-refractivity contribution in [3.63, 3.8) is 0 Å². The number of benzene rings is 2. The van der Waals surface area contributed by atoms with Crippen LogP contribution in [0.1, 0.15) is 29.8 Å². The molecule has 0 N–H and O–H groups in total. The lowest BCUT2D eigenvalue weighted by Gasteiger charge is -2.18. The van der Waals surface area contributed by atoms with E-state index in [4.69, 9.17) is 14.2 Å². The van der Waals surface area contributed by atoms with Crippen molar-refractivity contribution in [1.29, 1.82) is 0 Å². The summed E-state index contributed by atoms with van der Waals surface area (Å²) in [5.74, 6) is 1.58. The van der Waals surface area contributed by atoms with Crippen LogP contribution in [0.5, 0.6) is 17.2 Å². The number of hydrogen-bond donors (Lipinski definition) is 0. The standard InChI is InChI=1S/C23H27NO5/c1-5-24(6-2)23(26)16-29-19-11-9-18(10-12-19)20(25)13-7-17-8-14-21(27-3)22(15-17)28-4/h7-15H,5-6,16H2,1-4H3/b13-7+. The lowest BCUT2D eigenvalue weighted by Crippen LogP contribution is -2.34. The van der Waals surface area contributed by atoms with Gasteiger partial charge in [-0.3, -0.25) is 9.59 Å². The zero-order valence-electron chi connectivity index (χ0n) is 17.3. The summed E-state index contributed by atoms with van der Waals surface area (Å²) >= 11 is 0. The van der Waals surface area contributed by atoms with Gasteiger partial charge in [0.2, 0.25) is 0 Å². The van der Waals surface area contributed by atoms with Gasteiger partial charge in [-0.05, 0) is 61.9 Å². The summed E-state index contributed by atoms with van der Waals surface area (Å²) in [7, 11) is 3.14. The second kappa shape index (κ2) is 10.9. The van der Waals surface area contributed by atoms with E-state index in [-0.39, 0.29) is 18.3 Å². The van der Waals surface area contributed by atoms with Crippen molar-refractivity contribution in [2.75, 3.05) is 33.9 Å². The van der Waals surface area contributed by atoms with Gasteiger partial charge < -0.3 is 19.1 Å². The molecule has 0 aliphatic heterocycles. The second-order valence-electron chi connectivity index (χ2n) is 6.19. The van der Waals surface area contributed by atoms with E-state index in [1.54, 1.807) is 61.6 Å². The van der Waals surface area contributed by atoms with Crippen molar-refractivity contribution >= 4 is 17.8 Å². The molecule has 0 atom stereocenters. The van der Waals surface area contributed by atoms with Crippen molar-refractivity contribution in [2.24, 2.45) is 0 Å². The van der Waals surface area contributed by atoms with Crippen LogP contribution in [0.2, 0.25) is 0 Å². The molecule has 29 heavy (non-hydrogen) atoms. The summed E-state index contributed by atoms with van der Waals surface area (Å²) in [6.07, 6.45) is 3.22. The van der Waals surface area contributed by atoms with Gasteiger partial charge in [-0.1, -0.05) is 12.1 Å². The molecule has 0 fully saturated rings. The summed E-state index contributed by atoms with van der Waals surface area (Å²) in [5.41, 5.74) is 1.36. The Labute approximate surface area is 171 Å². The minimum atomic E-state index is -0.134. The van der Waals surface area contributed by atoms with Crippen molar-refractivity contribution in [1.82, 2.24) is 4.90 Å².